The summed E-state index contributed by atoms with van der Waals surface area (Å²) in [6.07, 6.45) is 3.25. The van der Waals surface area contributed by atoms with Crippen LogP contribution in [0, 0.1) is 0 Å². The van der Waals surface area contributed by atoms with Gasteiger partial charge in [-0.1, -0.05) is 25.5 Å². The summed E-state index contributed by atoms with van der Waals surface area (Å²) in [6.45, 7) is 10.2. The zero-order chi connectivity index (χ0) is 13.9. The minimum absolute atomic E-state index is 0.0390. The molecule has 1 heterocycles. The van der Waals surface area contributed by atoms with Crippen LogP contribution in [0.1, 0.15) is 47.5 Å². The van der Waals surface area contributed by atoms with E-state index >= 15 is 0 Å². The molecule has 18 heavy (non-hydrogen) atoms. The van der Waals surface area contributed by atoms with E-state index in [9.17, 15) is 9.59 Å². The standard InChI is InChI=1S/C14H24N2O2/c1-6-14(7-2)13(18)16(9-8-10(3)4)11(5)12(17)15-14/h8,11H,6-7,9H2,1-5H3,(H,15,17). The Morgan fingerprint density at radius 1 is 1.33 bits per heavy atom. The van der Waals surface area contributed by atoms with Gasteiger partial charge in [-0.3, -0.25) is 9.59 Å². The van der Waals surface area contributed by atoms with Crippen molar-refractivity contribution in [1.82, 2.24) is 10.2 Å². The second-order valence-corrected chi connectivity index (χ2v) is 5.19. The molecule has 102 valence electrons. The number of allylic oxidation sites excluding steroid dienone is 1. The van der Waals surface area contributed by atoms with Crippen molar-refractivity contribution in [2.75, 3.05) is 6.54 Å². The molecule has 0 aromatic heterocycles. The van der Waals surface area contributed by atoms with Crippen LogP contribution < -0.4 is 5.32 Å². The molecule has 0 aromatic rings. The molecule has 1 unspecified atom stereocenters. The van der Waals surface area contributed by atoms with E-state index < -0.39 is 5.54 Å². The van der Waals surface area contributed by atoms with E-state index in [-0.39, 0.29) is 17.9 Å². The zero-order valence-corrected chi connectivity index (χ0v) is 12.0. The van der Waals surface area contributed by atoms with Gasteiger partial charge in [0.2, 0.25) is 11.8 Å². The normalized spacial score (nSPS) is 22.7. The maximum atomic E-state index is 12.6. The molecule has 0 radical (unpaired) electrons. The van der Waals surface area contributed by atoms with Crippen molar-refractivity contribution >= 4 is 11.8 Å². The van der Waals surface area contributed by atoms with E-state index in [2.05, 4.69) is 5.32 Å². The topological polar surface area (TPSA) is 49.4 Å². The fourth-order valence-corrected chi connectivity index (χ4v) is 2.24. The van der Waals surface area contributed by atoms with Crippen LogP contribution in [0.4, 0.5) is 0 Å². The number of nitrogens with zero attached hydrogens (tertiary/aromatic N) is 1. The van der Waals surface area contributed by atoms with Crippen molar-refractivity contribution in [3.05, 3.63) is 11.6 Å². The average molecular weight is 252 g/mol. The first-order valence-electron chi connectivity index (χ1n) is 6.64. The van der Waals surface area contributed by atoms with Gasteiger partial charge in [0.05, 0.1) is 0 Å². The Balaban J connectivity index is 3.03. The Morgan fingerprint density at radius 3 is 2.33 bits per heavy atom. The Morgan fingerprint density at radius 2 is 1.89 bits per heavy atom. The van der Waals surface area contributed by atoms with Gasteiger partial charge in [-0.25, -0.2) is 0 Å². The van der Waals surface area contributed by atoms with Crippen LogP contribution in [0.15, 0.2) is 11.6 Å². The number of hydrogen-bond acceptors (Lipinski definition) is 2. The molecule has 1 aliphatic rings. The highest BCUT2D eigenvalue weighted by atomic mass is 16.2. The summed E-state index contributed by atoms with van der Waals surface area (Å²) in [5, 5.41) is 2.90. The average Bonchev–Trinajstić information content (AvgIpc) is 2.33. The number of carbonyl (C=O) groups is 2. The lowest BCUT2D eigenvalue weighted by Crippen LogP contribution is -2.69. The fourth-order valence-electron chi connectivity index (χ4n) is 2.24. The minimum atomic E-state index is -0.709. The molecule has 1 saturated heterocycles. The molecule has 1 aliphatic heterocycles. The van der Waals surface area contributed by atoms with E-state index in [0.717, 1.165) is 5.57 Å². The maximum Gasteiger partial charge on any atom is 0.249 e. The lowest BCUT2D eigenvalue weighted by Gasteiger charge is -2.44. The Hall–Kier alpha value is -1.32. The van der Waals surface area contributed by atoms with Crippen LogP contribution in [0.3, 0.4) is 0 Å². The highest BCUT2D eigenvalue weighted by Crippen LogP contribution is 2.24. The molecule has 1 atom stereocenters. The number of amides is 2. The first kappa shape index (κ1) is 14.7. The second kappa shape index (κ2) is 5.55. The molecule has 0 spiro atoms. The van der Waals surface area contributed by atoms with Gasteiger partial charge in [-0.05, 0) is 33.6 Å². The van der Waals surface area contributed by atoms with Gasteiger partial charge < -0.3 is 10.2 Å². The van der Waals surface area contributed by atoms with Crippen LogP contribution in [-0.2, 0) is 9.59 Å². The maximum absolute atomic E-state index is 12.6. The number of hydrogen-bond donors (Lipinski definition) is 1. The van der Waals surface area contributed by atoms with Crippen LogP contribution in [-0.4, -0.2) is 34.8 Å². The van der Waals surface area contributed by atoms with Gasteiger partial charge in [0.25, 0.3) is 0 Å². The number of piperazine rings is 1. The van der Waals surface area contributed by atoms with E-state index in [1.54, 1.807) is 11.8 Å². The van der Waals surface area contributed by atoms with Crippen molar-refractivity contribution in [2.45, 2.75) is 59.0 Å². The molecule has 4 heteroatoms. The molecular formula is C14H24N2O2. The summed E-state index contributed by atoms with van der Waals surface area (Å²) in [5.41, 5.74) is 0.443. The lowest BCUT2D eigenvalue weighted by molar-refractivity contribution is -0.154. The summed E-state index contributed by atoms with van der Waals surface area (Å²) < 4.78 is 0. The monoisotopic (exact) mass is 252 g/mol. The highest BCUT2D eigenvalue weighted by molar-refractivity contribution is 5.99. The zero-order valence-electron chi connectivity index (χ0n) is 12.0. The molecular weight excluding hydrogens is 228 g/mol. The molecule has 1 N–H and O–H groups in total. The highest BCUT2D eigenvalue weighted by Gasteiger charge is 2.46. The van der Waals surface area contributed by atoms with Gasteiger partial charge in [-0.2, -0.15) is 0 Å². The summed E-state index contributed by atoms with van der Waals surface area (Å²) >= 11 is 0. The summed E-state index contributed by atoms with van der Waals surface area (Å²) in [4.78, 5) is 26.2. The van der Waals surface area contributed by atoms with Crippen LogP contribution in [0.2, 0.25) is 0 Å². The number of nitrogens with one attached hydrogen (secondary N) is 1. The van der Waals surface area contributed by atoms with Gasteiger partial charge >= 0.3 is 0 Å². The third-order valence-corrected chi connectivity index (χ3v) is 3.78. The first-order chi connectivity index (χ1) is 8.38. The van der Waals surface area contributed by atoms with Gasteiger partial charge in [0.1, 0.15) is 11.6 Å². The van der Waals surface area contributed by atoms with Crippen molar-refractivity contribution in [3.8, 4) is 0 Å². The molecule has 0 aromatic carbocycles. The molecule has 1 fully saturated rings. The quantitative estimate of drug-likeness (QED) is 0.776. The predicted molar refractivity (Wildman–Crippen MR) is 72.1 cm³/mol. The van der Waals surface area contributed by atoms with Crippen LogP contribution >= 0.6 is 0 Å². The third kappa shape index (κ3) is 2.57. The number of carbonyl (C=O) groups excluding carboxylic acids is 2. The Labute approximate surface area is 109 Å². The largest absolute Gasteiger partial charge is 0.340 e. The third-order valence-electron chi connectivity index (χ3n) is 3.78. The molecule has 0 bridgehead atoms. The van der Waals surface area contributed by atoms with Crippen molar-refractivity contribution < 1.29 is 9.59 Å². The first-order valence-corrected chi connectivity index (χ1v) is 6.64. The van der Waals surface area contributed by atoms with Gasteiger partial charge in [-0.15, -0.1) is 0 Å². The van der Waals surface area contributed by atoms with Crippen molar-refractivity contribution in [1.29, 1.82) is 0 Å². The molecule has 4 nitrogen and oxygen atoms in total. The fraction of sp³-hybridized carbons (Fsp3) is 0.714. The van der Waals surface area contributed by atoms with E-state index in [1.165, 1.54) is 0 Å². The summed E-state index contributed by atoms with van der Waals surface area (Å²) in [7, 11) is 0. The molecule has 0 aliphatic carbocycles. The molecule has 1 rings (SSSR count). The Bertz CT molecular complexity index is 366. The van der Waals surface area contributed by atoms with Crippen LogP contribution in [0.5, 0.6) is 0 Å². The van der Waals surface area contributed by atoms with Gasteiger partial charge in [0.15, 0.2) is 0 Å². The summed E-state index contributed by atoms with van der Waals surface area (Å²) in [5.74, 6) is -0.0162. The minimum Gasteiger partial charge on any atom is -0.340 e. The SMILES string of the molecule is CCC1(CC)NC(=O)C(C)N(CC=C(C)C)C1=O. The van der Waals surface area contributed by atoms with Gasteiger partial charge in [0, 0.05) is 6.54 Å². The number of rotatable bonds is 4. The van der Waals surface area contributed by atoms with E-state index in [0.29, 0.717) is 19.4 Å². The Kier molecular flexibility index (Phi) is 4.54. The summed E-state index contributed by atoms with van der Waals surface area (Å²) in [6, 6.07) is -0.390. The van der Waals surface area contributed by atoms with Crippen LogP contribution in [0.25, 0.3) is 0 Å². The van der Waals surface area contributed by atoms with E-state index in [1.807, 2.05) is 33.8 Å². The second-order valence-electron chi connectivity index (χ2n) is 5.19. The predicted octanol–water partition coefficient (Wildman–Crippen LogP) is 1.86. The van der Waals surface area contributed by atoms with Crippen molar-refractivity contribution in [3.63, 3.8) is 0 Å². The molecule has 0 saturated carbocycles. The smallest absolute Gasteiger partial charge is 0.249 e. The lowest BCUT2D eigenvalue weighted by atomic mass is 9.87. The molecule has 2 amide bonds. The van der Waals surface area contributed by atoms with Crippen molar-refractivity contribution in [2.24, 2.45) is 0 Å². The van der Waals surface area contributed by atoms with E-state index in [4.69, 9.17) is 0 Å².